The van der Waals surface area contributed by atoms with Crippen molar-refractivity contribution >= 4 is 5.96 Å². The lowest BCUT2D eigenvalue weighted by Crippen LogP contribution is -2.49. The van der Waals surface area contributed by atoms with Gasteiger partial charge in [-0.2, -0.15) is 0 Å². The highest BCUT2D eigenvalue weighted by molar-refractivity contribution is 5.79. The first-order valence-corrected chi connectivity index (χ1v) is 10.5. The van der Waals surface area contributed by atoms with E-state index in [1.165, 1.54) is 32.1 Å². The number of rotatable bonds is 7. The van der Waals surface area contributed by atoms with Crippen LogP contribution in [-0.2, 0) is 9.47 Å². The molecule has 5 nitrogen and oxygen atoms in total. The number of ether oxygens (including phenoxy) is 2. The van der Waals surface area contributed by atoms with Crippen LogP contribution in [0, 0.1) is 16.7 Å². The number of hydrogen-bond acceptors (Lipinski definition) is 3. The topological polar surface area (TPSA) is 54.9 Å². The second-order valence-electron chi connectivity index (χ2n) is 9.32. The normalized spacial score (nSPS) is 26.7. The molecule has 2 atom stereocenters. The first-order valence-electron chi connectivity index (χ1n) is 10.5. The van der Waals surface area contributed by atoms with Crippen LogP contribution >= 0.6 is 0 Å². The molecule has 2 unspecified atom stereocenters. The van der Waals surface area contributed by atoms with Crippen molar-refractivity contribution in [1.29, 1.82) is 0 Å². The SMILES string of the molecule is CN=C(NCC1CCCOC1C(C)(C)C)NCC1(CCOC)CCCC1. The van der Waals surface area contributed by atoms with Crippen molar-refractivity contribution < 1.29 is 9.47 Å². The van der Waals surface area contributed by atoms with Crippen molar-refractivity contribution in [3.05, 3.63) is 0 Å². The zero-order valence-corrected chi connectivity index (χ0v) is 17.7. The molecule has 1 aliphatic carbocycles. The van der Waals surface area contributed by atoms with E-state index >= 15 is 0 Å². The fourth-order valence-electron chi connectivity index (χ4n) is 4.69. The van der Waals surface area contributed by atoms with E-state index in [2.05, 4.69) is 36.4 Å². The molecule has 0 spiro atoms. The molecule has 1 aliphatic heterocycles. The Morgan fingerprint density at radius 2 is 1.92 bits per heavy atom. The standard InChI is InChI=1S/C21H41N3O2/c1-20(2,3)18-17(9-8-13-26-18)15-23-19(22-4)24-16-21(12-14-25-5)10-6-7-11-21/h17-18H,6-16H2,1-5H3,(H2,22,23,24). The van der Waals surface area contributed by atoms with Gasteiger partial charge in [0.1, 0.15) is 0 Å². The van der Waals surface area contributed by atoms with Crippen LogP contribution in [0.4, 0.5) is 0 Å². The molecule has 2 fully saturated rings. The van der Waals surface area contributed by atoms with Gasteiger partial charge in [-0.15, -0.1) is 0 Å². The number of nitrogens with one attached hydrogen (secondary N) is 2. The van der Waals surface area contributed by atoms with Crippen LogP contribution in [0.15, 0.2) is 4.99 Å². The van der Waals surface area contributed by atoms with E-state index in [0.717, 1.165) is 45.1 Å². The summed E-state index contributed by atoms with van der Waals surface area (Å²) in [5.41, 5.74) is 0.549. The first-order chi connectivity index (χ1) is 12.4. The summed E-state index contributed by atoms with van der Waals surface area (Å²) in [4.78, 5) is 4.45. The molecule has 1 saturated carbocycles. The monoisotopic (exact) mass is 367 g/mol. The third kappa shape index (κ3) is 6.12. The van der Waals surface area contributed by atoms with E-state index < -0.39 is 0 Å². The Balaban J connectivity index is 1.85. The van der Waals surface area contributed by atoms with Gasteiger partial charge in [0, 0.05) is 46.4 Å². The maximum Gasteiger partial charge on any atom is 0.191 e. The zero-order valence-electron chi connectivity index (χ0n) is 17.7. The molecule has 152 valence electrons. The summed E-state index contributed by atoms with van der Waals surface area (Å²) >= 11 is 0. The second kappa shape index (κ2) is 9.93. The van der Waals surface area contributed by atoms with Crippen LogP contribution in [0.5, 0.6) is 0 Å². The quantitative estimate of drug-likeness (QED) is 0.533. The molecule has 2 N–H and O–H groups in total. The fraction of sp³-hybridized carbons (Fsp3) is 0.952. The van der Waals surface area contributed by atoms with E-state index in [9.17, 15) is 0 Å². The molecule has 2 rings (SSSR count). The van der Waals surface area contributed by atoms with Crippen LogP contribution in [0.25, 0.3) is 0 Å². The van der Waals surface area contributed by atoms with Crippen molar-refractivity contribution in [2.45, 2.75) is 71.8 Å². The molecule has 5 heteroatoms. The van der Waals surface area contributed by atoms with E-state index in [1.54, 1.807) is 7.11 Å². The van der Waals surface area contributed by atoms with Gasteiger partial charge in [-0.05, 0) is 42.9 Å². The zero-order chi connectivity index (χ0) is 19.0. The summed E-state index contributed by atoms with van der Waals surface area (Å²) in [6.45, 7) is 10.5. The molecular formula is C21H41N3O2. The van der Waals surface area contributed by atoms with Gasteiger partial charge in [0.15, 0.2) is 5.96 Å². The Morgan fingerprint density at radius 1 is 1.19 bits per heavy atom. The Kier molecular flexibility index (Phi) is 8.21. The van der Waals surface area contributed by atoms with Crippen LogP contribution < -0.4 is 10.6 Å². The van der Waals surface area contributed by atoms with Crippen molar-refractivity contribution in [3.63, 3.8) is 0 Å². The largest absolute Gasteiger partial charge is 0.385 e. The van der Waals surface area contributed by atoms with Gasteiger partial charge in [-0.1, -0.05) is 33.6 Å². The fourth-order valence-corrected chi connectivity index (χ4v) is 4.69. The number of aliphatic imine (C=N–C) groups is 1. The lowest BCUT2D eigenvalue weighted by Gasteiger charge is -2.40. The molecule has 2 aliphatic rings. The maximum atomic E-state index is 6.11. The summed E-state index contributed by atoms with van der Waals surface area (Å²) in [5, 5.41) is 7.16. The van der Waals surface area contributed by atoms with Gasteiger partial charge in [-0.3, -0.25) is 4.99 Å². The third-order valence-corrected chi connectivity index (χ3v) is 6.19. The van der Waals surface area contributed by atoms with Crippen molar-refractivity contribution in [1.82, 2.24) is 10.6 Å². The lowest BCUT2D eigenvalue weighted by atomic mass is 9.78. The molecule has 1 saturated heterocycles. The highest BCUT2D eigenvalue weighted by Gasteiger charge is 2.36. The second-order valence-corrected chi connectivity index (χ2v) is 9.32. The van der Waals surface area contributed by atoms with Gasteiger partial charge in [0.05, 0.1) is 6.10 Å². The highest BCUT2D eigenvalue weighted by Crippen LogP contribution is 2.40. The lowest BCUT2D eigenvalue weighted by molar-refractivity contribution is -0.0835. The first kappa shape index (κ1) is 21.5. The summed E-state index contributed by atoms with van der Waals surface area (Å²) in [5.74, 6) is 1.46. The molecule has 0 aromatic heterocycles. The number of methoxy groups -OCH3 is 1. The van der Waals surface area contributed by atoms with Gasteiger partial charge in [-0.25, -0.2) is 0 Å². The average molecular weight is 368 g/mol. The van der Waals surface area contributed by atoms with Crippen LogP contribution in [0.1, 0.15) is 65.7 Å². The van der Waals surface area contributed by atoms with Crippen LogP contribution in [-0.4, -0.2) is 52.5 Å². The van der Waals surface area contributed by atoms with Gasteiger partial charge < -0.3 is 20.1 Å². The summed E-state index contributed by atoms with van der Waals surface area (Å²) < 4.78 is 11.5. The van der Waals surface area contributed by atoms with Gasteiger partial charge >= 0.3 is 0 Å². The smallest absolute Gasteiger partial charge is 0.191 e. The minimum absolute atomic E-state index is 0.178. The average Bonchev–Trinajstić information content (AvgIpc) is 3.09. The number of guanidine groups is 1. The predicted molar refractivity (Wildman–Crippen MR) is 109 cm³/mol. The minimum atomic E-state index is 0.178. The molecule has 0 radical (unpaired) electrons. The number of nitrogens with zero attached hydrogens (tertiary/aromatic N) is 1. The van der Waals surface area contributed by atoms with Gasteiger partial charge in [0.2, 0.25) is 0 Å². The Labute approximate surface area is 160 Å². The maximum absolute atomic E-state index is 6.11. The third-order valence-electron chi connectivity index (χ3n) is 6.19. The van der Waals surface area contributed by atoms with Crippen molar-refractivity contribution in [3.8, 4) is 0 Å². The summed E-state index contributed by atoms with van der Waals surface area (Å²) in [7, 11) is 3.67. The molecule has 0 aromatic rings. The molecule has 0 amide bonds. The summed E-state index contributed by atoms with van der Waals surface area (Å²) in [6.07, 6.45) is 9.09. The van der Waals surface area contributed by atoms with E-state index in [1.807, 2.05) is 7.05 Å². The van der Waals surface area contributed by atoms with Crippen LogP contribution in [0.3, 0.4) is 0 Å². The molecule has 0 aromatic carbocycles. The molecule has 26 heavy (non-hydrogen) atoms. The predicted octanol–water partition coefficient (Wildman–Crippen LogP) is 3.59. The number of hydrogen-bond donors (Lipinski definition) is 2. The Bertz CT molecular complexity index is 439. The summed E-state index contributed by atoms with van der Waals surface area (Å²) in [6, 6.07) is 0. The van der Waals surface area contributed by atoms with E-state index in [4.69, 9.17) is 9.47 Å². The highest BCUT2D eigenvalue weighted by atomic mass is 16.5. The molecule has 1 heterocycles. The molecule has 0 bridgehead atoms. The van der Waals surface area contributed by atoms with Gasteiger partial charge in [0.25, 0.3) is 0 Å². The Morgan fingerprint density at radius 3 is 2.54 bits per heavy atom. The minimum Gasteiger partial charge on any atom is -0.385 e. The van der Waals surface area contributed by atoms with Crippen LogP contribution in [0.2, 0.25) is 0 Å². The van der Waals surface area contributed by atoms with Crippen molar-refractivity contribution in [2.24, 2.45) is 21.7 Å². The van der Waals surface area contributed by atoms with E-state index in [-0.39, 0.29) is 5.41 Å². The van der Waals surface area contributed by atoms with Crippen molar-refractivity contribution in [2.75, 3.05) is 40.5 Å². The van der Waals surface area contributed by atoms with E-state index in [0.29, 0.717) is 17.4 Å². The Hall–Kier alpha value is -0.810. The molecular weight excluding hydrogens is 326 g/mol.